The van der Waals surface area contributed by atoms with Crippen molar-refractivity contribution in [2.24, 2.45) is 11.8 Å². The molecule has 27 heavy (non-hydrogen) atoms. The molecule has 2 atom stereocenters. The molecule has 0 amide bonds. The lowest BCUT2D eigenvalue weighted by Crippen LogP contribution is -2.71. The van der Waals surface area contributed by atoms with Crippen molar-refractivity contribution in [3.63, 3.8) is 0 Å². The molecule has 4 nitrogen and oxygen atoms in total. The third-order valence-electron chi connectivity index (χ3n) is 6.97. The molecular weight excluding hydrogens is 352 g/mol. The van der Waals surface area contributed by atoms with E-state index in [0.717, 1.165) is 36.8 Å². The fourth-order valence-electron chi connectivity index (χ4n) is 5.08. The van der Waals surface area contributed by atoms with Crippen LogP contribution in [0.25, 0.3) is 0 Å². The van der Waals surface area contributed by atoms with E-state index in [4.69, 9.17) is 5.41 Å². The zero-order valence-corrected chi connectivity index (χ0v) is 17.6. The van der Waals surface area contributed by atoms with E-state index < -0.39 is 0 Å². The fourth-order valence-corrected chi connectivity index (χ4v) is 5.71. The van der Waals surface area contributed by atoms with Gasteiger partial charge in [0.1, 0.15) is 0 Å². The average Bonchev–Trinajstić information content (AvgIpc) is 3.47. The molecule has 4 rings (SSSR count). The summed E-state index contributed by atoms with van der Waals surface area (Å²) in [7, 11) is 0. The molecule has 0 bridgehead atoms. The second-order valence-electron chi connectivity index (χ2n) is 8.85. The third-order valence-corrected chi connectivity index (χ3v) is 7.92. The van der Waals surface area contributed by atoms with Crippen molar-refractivity contribution in [1.82, 2.24) is 15.1 Å². The summed E-state index contributed by atoms with van der Waals surface area (Å²) in [5.41, 5.74) is 1.71. The minimum Gasteiger partial charge on any atom is -0.313 e. The monoisotopic (exact) mass is 388 g/mol. The van der Waals surface area contributed by atoms with Gasteiger partial charge in [-0.25, -0.2) is 0 Å². The smallest absolute Gasteiger partial charge is 0.0813 e. The number of nitrogens with one attached hydrogen (secondary N) is 2. The lowest BCUT2D eigenvalue weighted by atomic mass is 9.85. The van der Waals surface area contributed by atoms with Crippen LogP contribution in [0.2, 0.25) is 0 Å². The Morgan fingerprint density at radius 2 is 2.15 bits per heavy atom. The van der Waals surface area contributed by atoms with Gasteiger partial charge in [-0.3, -0.25) is 9.80 Å². The SMILES string of the molecule is CCSCN1CC(C=N)(N2CCC(CNC3CC3C3=CC=CCC3)CC2)C1. The molecule has 4 aliphatic rings. The first kappa shape index (κ1) is 19.7. The van der Waals surface area contributed by atoms with Gasteiger partial charge in [0.15, 0.2) is 0 Å². The largest absolute Gasteiger partial charge is 0.313 e. The molecule has 2 aliphatic heterocycles. The van der Waals surface area contributed by atoms with Crippen molar-refractivity contribution in [2.45, 2.75) is 50.6 Å². The quantitative estimate of drug-likeness (QED) is 0.594. The molecule has 0 aromatic carbocycles. The van der Waals surface area contributed by atoms with Crippen LogP contribution < -0.4 is 5.32 Å². The van der Waals surface area contributed by atoms with E-state index in [1.165, 1.54) is 57.5 Å². The second-order valence-corrected chi connectivity index (χ2v) is 10.1. The summed E-state index contributed by atoms with van der Waals surface area (Å²) in [5.74, 6) is 3.94. The highest BCUT2D eigenvalue weighted by molar-refractivity contribution is 7.99. The van der Waals surface area contributed by atoms with Gasteiger partial charge in [-0.2, -0.15) is 0 Å². The van der Waals surface area contributed by atoms with Gasteiger partial charge in [0.25, 0.3) is 0 Å². The second kappa shape index (κ2) is 8.81. The van der Waals surface area contributed by atoms with Crippen LogP contribution in [-0.4, -0.2) is 71.9 Å². The first-order valence-corrected chi connectivity index (χ1v) is 12.1. The van der Waals surface area contributed by atoms with Crippen molar-refractivity contribution in [2.75, 3.05) is 44.4 Å². The first-order valence-electron chi connectivity index (χ1n) is 10.9. The number of nitrogens with zero attached hydrogens (tertiary/aromatic N) is 2. The van der Waals surface area contributed by atoms with Gasteiger partial charge in [-0.1, -0.05) is 30.7 Å². The molecule has 2 aliphatic carbocycles. The molecule has 0 spiro atoms. The van der Waals surface area contributed by atoms with Crippen LogP contribution in [0.4, 0.5) is 0 Å². The van der Waals surface area contributed by atoms with Gasteiger partial charge < -0.3 is 10.7 Å². The number of piperidine rings is 1. The van der Waals surface area contributed by atoms with Crippen molar-refractivity contribution in [1.29, 1.82) is 5.41 Å². The van der Waals surface area contributed by atoms with Gasteiger partial charge in [0.2, 0.25) is 0 Å². The van der Waals surface area contributed by atoms with E-state index in [1.807, 2.05) is 11.8 Å². The van der Waals surface area contributed by atoms with Gasteiger partial charge >= 0.3 is 0 Å². The van der Waals surface area contributed by atoms with E-state index in [-0.39, 0.29) is 5.54 Å². The van der Waals surface area contributed by atoms with E-state index >= 15 is 0 Å². The minimum absolute atomic E-state index is 0.0370. The molecule has 0 radical (unpaired) electrons. The summed E-state index contributed by atoms with van der Waals surface area (Å²) in [4.78, 5) is 5.10. The Hall–Kier alpha value is -0.620. The molecule has 2 unspecified atom stereocenters. The number of hydrogen-bond acceptors (Lipinski definition) is 5. The molecule has 150 valence electrons. The summed E-state index contributed by atoms with van der Waals surface area (Å²) in [6.45, 7) is 7.86. The zero-order chi connectivity index (χ0) is 18.7. The summed E-state index contributed by atoms with van der Waals surface area (Å²) < 4.78 is 0. The molecule has 3 fully saturated rings. The van der Waals surface area contributed by atoms with Crippen LogP contribution in [0.5, 0.6) is 0 Å². The number of likely N-dealkylation sites (tertiary alicyclic amines) is 2. The average molecular weight is 389 g/mol. The maximum Gasteiger partial charge on any atom is 0.0813 e. The molecule has 0 aromatic heterocycles. The van der Waals surface area contributed by atoms with Gasteiger partial charge in [0.05, 0.1) is 5.54 Å². The highest BCUT2D eigenvalue weighted by atomic mass is 32.2. The van der Waals surface area contributed by atoms with Crippen LogP contribution >= 0.6 is 11.8 Å². The highest BCUT2D eigenvalue weighted by Crippen LogP contribution is 2.40. The van der Waals surface area contributed by atoms with Crippen LogP contribution in [0.3, 0.4) is 0 Å². The van der Waals surface area contributed by atoms with Crippen LogP contribution in [0.1, 0.15) is 39.0 Å². The highest BCUT2D eigenvalue weighted by Gasteiger charge is 2.47. The van der Waals surface area contributed by atoms with Crippen molar-refractivity contribution >= 4 is 18.0 Å². The lowest BCUT2D eigenvalue weighted by Gasteiger charge is -2.55. The third kappa shape index (κ3) is 4.52. The first-order chi connectivity index (χ1) is 13.2. The number of thioether (sulfide) groups is 1. The number of rotatable bonds is 9. The molecule has 1 saturated carbocycles. The lowest BCUT2D eigenvalue weighted by molar-refractivity contribution is -0.0113. The van der Waals surface area contributed by atoms with Crippen LogP contribution in [0.15, 0.2) is 23.8 Å². The summed E-state index contributed by atoms with van der Waals surface area (Å²) in [5, 5.41) is 11.9. The Bertz CT molecular complexity index is 573. The summed E-state index contributed by atoms with van der Waals surface area (Å²) >= 11 is 1.99. The van der Waals surface area contributed by atoms with Crippen LogP contribution in [0, 0.1) is 17.2 Å². The van der Waals surface area contributed by atoms with E-state index in [2.05, 4.69) is 40.3 Å². The summed E-state index contributed by atoms with van der Waals surface area (Å²) in [6, 6.07) is 0.741. The Morgan fingerprint density at radius 3 is 2.81 bits per heavy atom. The normalized spacial score (nSPS) is 31.4. The molecule has 5 heteroatoms. The Balaban J connectivity index is 1.16. The molecule has 2 saturated heterocycles. The number of allylic oxidation sites excluding steroid dienone is 3. The maximum absolute atomic E-state index is 8.00. The fraction of sp³-hybridized carbons (Fsp3) is 0.773. The Morgan fingerprint density at radius 1 is 1.33 bits per heavy atom. The van der Waals surface area contributed by atoms with E-state index in [9.17, 15) is 0 Å². The standard InChI is InChI=1S/C22H36N4S/c1-2-27-17-25-15-22(14-23,16-25)26-10-8-18(9-11-26)13-24-21-12-20(21)19-6-4-3-5-7-19/h3-4,6,14,18,20-21,23-24H,2,5,7-13,15-17H2,1H3. The zero-order valence-electron chi connectivity index (χ0n) is 16.8. The Kier molecular flexibility index (Phi) is 6.42. The predicted octanol–water partition coefficient (Wildman–Crippen LogP) is 3.37. The van der Waals surface area contributed by atoms with Crippen molar-refractivity contribution < 1.29 is 0 Å². The van der Waals surface area contributed by atoms with Crippen LogP contribution in [-0.2, 0) is 0 Å². The topological polar surface area (TPSA) is 42.4 Å². The predicted molar refractivity (Wildman–Crippen MR) is 117 cm³/mol. The molecule has 2 N–H and O–H groups in total. The van der Waals surface area contributed by atoms with Gasteiger partial charge in [-0.05, 0) is 69.3 Å². The minimum atomic E-state index is 0.0370. The van der Waals surface area contributed by atoms with E-state index in [1.54, 1.807) is 11.8 Å². The van der Waals surface area contributed by atoms with Crippen molar-refractivity contribution in [3.05, 3.63) is 23.8 Å². The van der Waals surface area contributed by atoms with Gasteiger partial charge in [0, 0.05) is 31.2 Å². The molecular formula is C22H36N4S. The van der Waals surface area contributed by atoms with Gasteiger partial charge in [-0.15, -0.1) is 11.8 Å². The Labute approximate surface area is 169 Å². The number of hydrogen-bond donors (Lipinski definition) is 2. The van der Waals surface area contributed by atoms with Crippen molar-refractivity contribution in [3.8, 4) is 0 Å². The molecule has 2 heterocycles. The summed E-state index contributed by atoms with van der Waals surface area (Å²) in [6.07, 6.45) is 15.0. The van der Waals surface area contributed by atoms with E-state index in [0.29, 0.717) is 0 Å². The maximum atomic E-state index is 8.00. The molecule has 0 aromatic rings.